The molecule has 2 aromatic heterocycles. The SMILES string of the molecule is CC(C)(C)c1ccc(=O)n(CC2CN(Cc3cncnc3)C2)n1. The van der Waals surface area contributed by atoms with E-state index in [2.05, 4.69) is 40.7 Å². The average Bonchev–Trinajstić information content (AvgIpc) is 2.47. The van der Waals surface area contributed by atoms with E-state index in [-0.39, 0.29) is 11.0 Å². The topological polar surface area (TPSA) is 63.9 Å². The normalized spacial score (nSPS) is 16.3. The lowest BCUT2D eigenvalue weighted by atomic mass is 9.92. The van der Waals surface area contributed by atoms with Crippen molar-refractivity contribution in [2.45, 2.75) is 39.3 Å². The summed E-state index contributed by atoms with van der Waals surface area (Å²) in [6, 6.07) is 3.46. The highest BCUT2D eigenvalue weighted by Crippen LogP contribution is 2.21. The first-order chi connectivity index (χ1) is 10.9. The van der Waals surface area contributed by atoms with Crippen LogP contribution in [0.25, 0.3) is 0 Å². The molecule has 0 aromatic carbocycles. The van der Waals surface area contributed by atoms with Gasteiger partial charge in [0.15, 0.2) is 0 Å². The average molecular weight is 313 g/mol. The second-order valence-corrected chi connectivity index (χ2v) is 7.30. The van der Waals surface area contributed by atoms with Gasteiger partial charge < -0.3 is 0 Å². The molecule has 1 fully saturated rings. The van der Waals surface area contributed by atoms with Crippen LogP contribution in [0.4, 0.5) is 0 Å². The Hall–Kier alpha value is -2.08. The van der Waals surface area contributed by atoms with Crippen molar-refractivity contribution in [2.75, 3.05) is 13.1 Å². The molecule has 0 amide bonds. The molecule has 122 valence electrons. The lowest BCUT2D eigenvalue weighted by molar-refractivity contribution is 0.0761. The van der Waals surface area contributed by atoms with Crippen LogP contribution < -0.4 is 5.56 Å². The van der Waals surface area contributed by atoms with Gasteiger partial charge in [-0.15, -0.1) is 0 Å². The van der Waals surface area contributed by atoms with Gasteiger partial charge in [0.1, 0.15) is 6.33 Å². The van der Waals surface area contributed by atoms with E-state index >= 15 is 0 Å². The fraction of sp³-hybridized carbons (Fsp3) is 0.529. The maximum Gasteiger partial charge on any atom is 0.266 e. The van der Waals surface area contributed by atoms with Crippen LogP contribution in [0.1, 0.15) is 32.0 Å². The number of hydrogen-bond donors (Lipinski definition) is 0. The molecule has 1 aliphatic heterocycles. The minimum Gasteiger partial charge on any atom is -0.298 e. The fourth-order valence-corrected chi connectivity index (χ4v) is 2.82. The van der Waals surface area contributed by atoms with E-state index in [4.69, 9.17) is 0 Å². The number of hydrogen-bond acceptors (Lipinski definition) is 5. The third-order valence-electron chi connectivity index (χ3n) is 4.12. The van der Waals surface area contributed by atoms with Gasteiger partial charge >= 0.3 is 0 Å². The molecule has 0 unspecified atom stereocenters. The molecule has 1 saturated heterocycles. The molecule has 0 bridgehead atoms. The molecule has 2 aromatic rings. The highest BCUT2D eigenvalue weighted by Gasteiger charge is 2.28. The molecular weight excluding hydrogens is 290 g/mol. The predicted molar refractivity (Wildman–Crippen MR) is 88.0 cm³/mol. The molecule has 6 heteroatoms. The molecule has 3 heterocycles. The van der Waals surface area contributed by atoms with E-state index in [9.17, 15) is 4.79 Å². The summed E-state index contributed by atoms with van der Waals surface area (Å²) in [5.41, 5.74) is 2.01. The van der Waals surface area contributed by atoms with E-state index in [1.807, 2.05) is 18.5 Å². The summed E-state index contributed by atoms with van der Waals surface area (Å²) >= 11 is 0. The van der Waals surface area contributed by atoms with Crippen LogP contribution in [-0.2, 0) is 18.5 Å². The Bertz CT molecular complexity index is 714. The maximum atomic E-state index is 12.0. The molecule has 3 rings (SSSR count). The Morgan fingerprint density at radius 2 is 1.87 bits per heavy atom. The van der Waals surface area contributed by atoms with Gasteiger partial charge in [-0.25, -0.2) is 14.6 Å². The largest absolute Gasteiger partial charge is 0.298 e. The van der Waals surface area contributed by atoms with Crippen LogP contribution >= 0.6 is 0 Å². The smallest absolute Gasteiger partial charge is 0.266 e. The fourth-order valence-electron chi connectivity index (χ4n) is 2.82. The van der Waals surface area contributed by atoms with E-state index in [0.29, 0.717) is 12.5 Å². The lowest BCUT2D eigenvalue weighted by Gasteiger charge is -2.39. The van der Waals surface area contributed by atoms with Gasteiger partial charge in [-0.1, -0.05) is 20.8 Å². The van der Waals surface area contributed by atoms with E-state index in [0.717, 1.165) is 30.9 Å². The van der Waals surface area contributed by atoms with Crippen LogP contribution in [0.15, 0.2) is 35.6 Å². The quantitative estimate of drug-likeness (QED) is 0.855. The molecular formula is C17H23N5O. The highest BCUT2D eigenvalue weighted by molar-refractivity contribution is 5.11. The van der Waals surface area contributed by atoms with Crippen LogP contribution in [0.5, 0.6) is 0 Å². The van der Waals surface area contributed by atoms with Crippen LogP contribution in [0.3, 0.4) is 0 Å². The monoisotopic (exact) mass is 313 g/mol. The Morgan fingerprint density at radius 3 is 2.52 bits per heavy atom. The zero-order valence-corrected chi connectivity index (χ0v) is 13.9. The molecule has 23 heavy (non-hydrogen) atoms. The van der Waals surface area contributed by atoms with Gasteiger partial charge in [-0.3, -0.25) is 9.69 Å². The van der Waals surface area contributed by atoms with E-state index in [1.165, 1.54) is 0 Å². The number of aromatic nitrogens is 4. The van der Waals surface area contributed by atoms with Gasteiger partial charge in [0.2, 0.25) is 0 Å². The highest BCUT2D eigenvalue weighted by atomic mass is 16.1. The van der Waals surface area contributed by atoms with Crippen molar-refractivity contribution < 1.29 is 0 Å². The van der Waals surface area contributed by atoms with Crippen molar-refractivity contribution in [3.63, 3.8) is 0 Å². The van der Waals surface area contributed by atoms with Crippen molar-refractivity contribution in [1.82, 2.24) is 24.6 Å². The van der Waals surface area contributed by atoms with Crippen molar-refractivity contribution in [2.24, 2.45) is 5.92 Å². The summed E-state index contributed by atoms with van der Waals surface area (Å²) in [5, 5.41) is 4.54. The summed E-state index contributed by atoms with van der Waals surface area (Å²) in [6.45, 7) is 9.82. The summed E-state index contributed by atoms with van der Waals surface area (Å²) in [4.78, 5) is 22.4. The Kier molecular flexibility index (Phi) is 4.26. The van der Waals surface area contributed by atoms with E-state index < -0.39 is 0 Å². The molecule has 0 atom stereocenters. The maximum absolute atomic E-state index is 12.0. The molecule has 0 radical (unpaired) electrons. The van der Waals surface area contributed by atoms with Crippen LogP contribution in [0.2, 0.25) is 0 Å². The summed E-state index contributed by atoms with van der Waals surface area (Å²) < 4.78 is 1.62. The van der Waals surface area contributed by atoms with Gasteiger partial charge in [0, 0.05) is 55.0 Å². The Labute approximate surface area is 136 Å². The van der Waals surface area contributed by atoms with E-state index in [1.54, 1.807) is 17.1 Å². The number of likely N-dealkylation sites (tertiary alicyclic amines) is 1. The number of rotatable bonds is 4. The molecule has 6 nitrogen and oxygen atoms in total. The Balaban J connectivity index is 1.59. The first-order valence-corrected chi connectivity index (χ1v) is 7.97. The summed E-state index contributed by atoms with van der Waals surface area (Å²) in [7, 11) is 0. The van der Waals surface area contributed by atoms with Crippen molar-refractivity contribution in [1.29, 1.82) is 0 Å². The minimum absolute atomic E-state index is 0.0205. The first kappa shape index (κ1) is 15.8. The van der Waals surface area contributed by atoms with Crippen molar-refractivity contribution >= 4 is 0 Å². The predicted octanol–water partition coefficient (Wildman–Crippen LogP) is 1.46. The first-order valence-electron chi connectivity index (χ1n) is 7.97. The van der Waals surface area contributed by atoms with Gasteiger partial charge in [0.05, 0.1) is 12.2 Å². The zero-order chi connectivity index (χ0) is 16.4. The second-order valence-electron chi connectivity index (χ2n) is 7.30. The van der Waals surface area contributed by atoms with Gasteiger partial charge in [0.25, 0.3) is 5.56 Å². The number of nitrogens with zero attached hydrogens (tertiary/aromatic N) is 5. The summed E-state index contributed by atoms with van der Waals surface area (Å²) in [5.74, 6) is 0.472. The molecule has 0 saturated carbocycles. The van der Waals surface area contributed by atoms with Crippen molar-refractivity contribution in [3.8, 4) is 0 Å². The zero-order valence-electron chi connectivity index (χ0n) is 13.9. The second kappa shape index (κ2) is 6.20. The lowest BCUT2D eigenvalue weighted by Crippen LogP contribution is -2.49. The molecule has 0 N–H and O–H groups in total. The van der Waals surface area contributed by atoms with Gasteiger partial charge in [-0.05, 0) is 6.07 Å². The third kappa shape index (κ3) is 3.82. The summed E-state index contributed by atoms with van der Waals surface area (Å²) in [6.07, 6.45) is 5.24. The third-order valence-corrected chi connectivity index (χ3v) is 4.12. The van der Waals surface area contributed by atoms with Crippen molar-refractivity contribution in [3.05, 3.63) is 52.5 Å². The molecule has 0 aliphatic carbocycles. The van der Waals surface area contributed by atoms with Crippen LogP contribution in [0, 0.1) is 5.92 Å². The molecule has 1 aliphatic rings. The Morgan fingerprint density at radius 1 is 1.17 bits per heavy atom. The molecule has 0 spiro atoms. The van der Waals surface area contributed by atoms with Gasteiger partial charge in [-0.2, -0.15) is 5.10 Å². The standard InChI is InChI=1S/C17H23N5O/c1-17(2,3)15-4-5-16(23)22(20-15)11-14-9-21(10-14)8-13-6-18-12-19-7-13/h4-7,12,14H,8-11H2,1-3H3. The minimum atomic E-state index is -0.0472. The van der Waals surface area contributed by atoms with Crippen LogP contribution in [-0.4, -0.2) is 37.7 Å².